The summed E-state index contributed by atoms with van der Waals surface area (Å²) in [5.41, 5.74) is 5.90. The second-order valence-corrected chi connectivity index (χ2v) is 4.55. The predicted octanol–water partition coefficient (Wildman–Crippen LogP) is 2.64. The summed E-state index contributed by atoms with van der Waals surface area (Å²) in [5, 5.41) is 2.40. The number of ether oxygens (including phenoxy) is 1. The van der Waals surface area contributed by atoms with Gasteiger partial charge in [0.25, 0.3) is 0 Å². The van der Waals surface area contributed by atoms with Gasteiger partial charge >= 0.3 is 6.09 Å². The number of hydrogen-bond acceptors (Lipinski definition) is 3. The van der Waals surface area contributed by atoms with Crippen molar-refractivity contribution in [2.75, 3.05) is 5.32 Å². The molecule has 1 saturated carbocycles. The number of hydrogen-bond donors (Lipinski definition) is 2. The molecule has 0 heterocycles. The molecule has 3 N–H and O–H groups in total. The van der Waals surface area contributed by atoms with Gasteiger partial charge in [-0.1, -0.05) is 12.1 Å². The highest BCUT2D eigenvalue weighted by Gasteiger charge is 2.22. The largest absolute Gasteiger partial charge is 0.446 e. The first-order chi connectivity index (χ1) is 8.65. The molecule has 1 amide bonds. The number of amides is 1. The van der Waals surface area contributed by atoms with E-state index in [9.17, 15) is 9.18 Å². The highest BCUT2D eigenvalue weighted by atomic mass is 19.1. The normalized spacial score (nSPS) is 23.4. The molecule has 18 heavy (non-hydrogen) atoms. The second-order valence-electron chi connectivity index (χ2n) is 4.55. The Bertz CT molecular complexity index is 417. The van der Waals surface area contributed by atoms with E-state index < -0.39 is 11.9 Å². The summed E-state index contributed by atoms with van der Waals surface area (Å²) < 4.78 is 18.5. The average Bonchev–Trinajstić information content (AvgIpc) is 2.35. The summed E-state index contributed by atoms with van der Waals surface area (Å²) in [6.45, 7) is 0. The maximum atomic E-state index is 13.3. The summed E-state index contributed by atoms with van der Waals surface area (Å²) in [6.07, 6.45) is 2.53. The van der Waals surface area contributed by atoms with Crippen molar-refractivity contribution in [2.24, 2.45) is 5.73 Å². The lowest BCUT2D eigenvalue weighted by Gasteiger charge is -2.25. The molecule has 1 aliphatic rings. The fourth-order valence-electron chi connectivity index (χ4n) is 2.06. The van der Waals surface area contributed by atoms with Gasteiger partial charge < -0.3 is 10.5 Å². The van der Waals surface area contributed by atoms with Crippen LogP contribution in [-0.2, 0) is 4.74 Å². The highest BCUT2D eigenvalue weighted by Crippen LogP contribution is 2.20. The van der Waals surface area contributed by atoms with Gasteiger partial charge in [-0.2, -0.15) is 0 Å². The number of nitrogens with two attached hydrogens (primary N) is 1. The Kier molecular flexibility index (Phi) is 4.15. The van der Waals surface area contributed by atoms with E-state index >= 15 is 0 Å². The number of nitrogens with one attached hydrogen (secondary N) is 1. The van der Waals surface area contributed by atoms with E-state index in [0.717, 1.165) is 25.7 Å². The number of para-hydroxylation sites is 1. The zero-order valence-electron chi connectivity index (χ0n) is 10.1. The molecule has 1 aliphatic carbocycles. The molecule has 1 fully saturated rings. The maximum Gasteiger partial charge on any atom is 0.411 e. The lowest BCUT2D eigenvalue weighted by atomic mass is 9.94. The van der Waals surface area contributed by atoms with E-state index in [0.29, 0.717) is 0 Å². The first-order valence-corrected chi connectivity index (χ1v) is 6.13. The molecule has 0 bridgehead atoms. The van der Waals surface area contributed by atoms with Crippen LogP contribution in [-0.4, -0.2) is 18.2 Å². The molecule has 1 aromatic carbocycles. The monoisotopic (exact) mass is 252 g/mol. The van der Waals surface area contributed by atoms with Crippen LogP contribution in [0.3, 0.4) is 0 Å². The maximum absolute atomic E-state index is 13.3. The molecular formula is C13H17FN2O2. The van der Waals surface area contributed by atoms with E-state index in [2.05, 4.69) is 5.32 Å². The van der Waals surface area contributed by atoms with Crippen molar-refractivity contribution in [3.8, 4) is 0 Å². The molecular weight excluding hydrogens is 235 g/mol. The van der Waals surface area contributed by atoms with Crippen LogP contribution < -0.4 is 11.1 Å². The molecule has 2 rings (SSSR count). The molecule has 0 saturated heterocycles. The Morgan fingerprint density at radius 1 is 1.28 bits per heavy atom. The number of carbonyl (C=O) groups excluding carboxylic acids is 1. The summed E-state index contributed by atoms with van der Waals surface area (Å²) in [5.74, 6) is -0.472. The first-order valence-electron chi connectivity index (χ1n) is 6.13. The molecule has 4 nitrogen and oxygen atoms in total. The fraction of sp³-hybridized carbons (Fsp3) is 0.462. The highest BCUT2D eigenvalue weighted by molar-refractivity contribution is 5.84. The van der Waals surface area contributed by atoms with Crippen molar-refractivity contribution in [2.45, 2.75) is 37.8 Å². The van der Waals surface area contributed by atoms with Crippen molar-refractivity contribution < 1.29 is 13.9 Å². The van der Waals surface area contributed by atoms with Gasteiger partial charge in [-0.25, -0.2) is 9.18 Å². The van der Waals surface area contributed by atoms with E-state index in [1.165, 1.54) is 12.1 Å². The molecule has 1 aromatic rings. The van der Waals surface area contributed by atoms with Crippen LogP contribution in [0.2, 0.25) is 0 Å². The van der Waals surface area contributed by atoms with Gasteiger partial charge in [0.1, 0.15) is 11.9 Å². The van der Waals surface area contributed by atoms with Crippen LogP contribution in [0, 0.1) is 5.82 Å². The van der Waals surface area contributed by atoms with Crippen molar-refractivity contribution in [1.82, 2.24) is 0 Å². The van der Waals surface area contributed by atoms with Gasteiger partial charge in [0.15, 0.2) is 0 Å². The minimum atomic E-state index is -0.611. The first kappa shape index (κ1) is 12.8. The summed E-state index contributed by atoms with van der Waals surface area (Å²) in [4.78, 5) is 11.6. The van der Waals surface area contributed by atoms with Gasteiger partial charge in [0, 0.05) is 6.04 Å². The third kappa shape index (κ3) is 3.43. The van der Waals surface area contributed by atoms with Crippen molar-refractivity contribution >= 4 is 11.8 Å². The second kappa shape index (κ2) is 5.82. The van der Waals surface area contributed by atoms with Crippen molar-refractivity contribution in [1.29, 1.82) is 0 Å². The van der Waals surface area contributed by atoms with Gasteiger partial charge in [-0.15, -0.1) is 0 Å². The molecule has 0 radical (unpaired) electrons. The van der Waals surface area contributed by atoms with Crippen LogP contribution in [0.15, 0.2) is 24.3 Å². The Labute approximate surface area is 105 Å². The van der Waals surface area contributed by atoms with Gasteiger partial charge in [-0.3, -0.25) is 5.32 Å². The summed E-state index contributed by atoms with van der Waals surface area (Å²) >= 11 is 0. The molecule has 5 heteroatoms. The van der Waals surface area contributed by atoms with Crippen LogP contribution in [0.4, 0.5) is 14.9 Å². The quantitative estimate of drug-likeness (QED) is 0.850. The standard InChI is InChI=1S/C13H17FN2O2/c14-11-3-1-2-4-12(11)16-13(17)18-10-7-5-9(15)6-8-10/h1-4,9-10H,5-8,15H2,(H,16,17). The molecule has 98 valence electrons. The van der Waals surface area contributed by atoms with E-state index in [1.54, 1.807) is 12.1 Å². The molecule has 0 atom stereocenters. The van der Waals surface area contributed by atoms with Gasteiger partial charge in [-0.05, 0) is 37.8 Å². The summed E-state index contributed by atoms with van der Waals surface area (Å²) in [7, 11) is 0. The topological polar surface area (TPSA) is 64.3 Å². The minimum absolute atomic E-state index is 0.114. The third-order valence-corrected chi connectivity index (χ3v) is 3.10. The van der Waals surface area contributed by atoms with Crippen LogP contribution in [0.5, 0.6) is 0 Å². The number of anilines is 1. The van der Waals surface area contributed by atoms with E-state index in [1.807, 2.05) is 0 Å². The third-order valence-electron chi connectivity index (χ3n) is 3.10. The Morgan fingerprint density at radius 3 is 2.61 bits per heavy atom. The number of benzene rings is 1. The van der Waals surface area contributed by atoms with Crippen LogP contribution in [0.25, 0.3) is 0 Å². The zero-order valence-corrected chi connectivity index (χ0v) is 10.1. The molecule has 0 unspecified atom stereocenters. The number of halogens is 1. The van der Waals surface area contributed by atoms with Crippen molar-refractivity contribution in [3.05, 3.63) is 30.1 Å². The van der Waals surface area contributed by atoms with Gasteiger partial charge in [0.2, 0.25) is 0 Å². The molecule has 0 spiro atoms. The minimum Gasteiger partial charge on any atom is -0.446 e. The number of carbonyl (C=O) groups is 1. The lowest BCUT2D eigenvalue weighted by molar-refractivity contribution is 0.0826. The van der Waals surface area contributed by atoms with Crippen LogP contribution in [0.1, 0.15) is 25.7 Å². The average molecular weight is 252 g/mol. The SMILES string of the molecule is NC1CCC(OC(=O)Nc2ccccc2F)CC1. The Hall–Kier alpha value is -1.62. The fourth-order valence-corrected chi connectivity index (χ4v) is 2.06. The number of rotatable bonds is 2. The van der Waals surface area contributed by atoms with Crippen molar-refractivity contribution in [3.63, 3.8) is 0 Å². The Balaban J connectivity index is 1.84. The smallest absolute Gasteiger partial charge is 0.411 e. The van der Waals surface area contributed by atoms with Crippen LogP contribution >= 0.6 is 0 Å². The zero-order chi connectivity index (χ0) is 13.0. The Morgan fingerprint density at radius 2 is 1.94 bits per heavy atom. The lowest BCUT2D eigenvalue weighted by Crippen LogP contribution is -2.32. The van der Waals surface area contributed by atoms with E-state index in [-0.39, 0.29) is 17.8 Å². The van der Waals surface area contributed by atoms with Gasteiger partial charge in [0.05, 0.1) is 5.69 Å². The van der Waals surface area contributed by atoms with E-state index in [4.69, 9.17) is 10.5 Å². The predicted molar refractivity (Wildman–Crippen MR) is 66.7 cm³/mol. The molecule has 0 aromatic heterocycles. The molecule has 0 aliphatic heterocycles. The summed E-state index contributed by atoms with van der Waals surface area (Å²) in [6, 6.07) is 6.20.